The molecule has 3 N–H and O–H groups in total. The predicted octanol–water partition coefficient (Wildman–Crippen LogP) is 0.00394. The second-order valence-corrected chi connectivity index (χ2v) is 9.53. The van der Waals surface area contributed by atoms with Gasteiger partial charge in [-0.1, -0.05) is 6.07 Å². The first-order chi connectivity index (χ1) is 14.5. The number of aryl methyl sites for hydroxylation is 2. The van der Waals surface area contributed by atoms with Crippen molar-refractivity contribution in [1.82, 2.24) is 19.3 Å². The molecule has 11 nitrogen and oxygen atoms in total. The molecule has 0 amide bonds. The number of aliphatic hydroxyl groups is 1. The van der Waals surface area contributed by atoms with E-state index in [0.717, 1.165) is 15.4 Å². The lowest BCUT2D eigenvalue weighted by Gasteiger charge is -2.22. The Balaban J connectivity index is 1.79. The van der Waals surface area contributed by atoms with Crippen LogP contribution in [0.3, 0.4) is 0 Å². The van der Waals surface area contributed by atoms with Crippen molar-refractivity contribution in [2.45, 2.75) is 43.9 Å². The van der Waals surface area contributed by atoms with Gasteiger partial charge < -0.3 is 20.5 Å². The lowest BCUT2D eigenvalue weighted by molar-refractivity contribution is -0.149. The molecule has 2 atom stereocenters. The summed E-state index contributed by atoms with van der Waals surface area (Å²) in [5.74, 6) is -0.394. The molecule has 1 aliphatic heterocycles. The number of sulfonamides is 1. The third-order valence-corrected chi connectivity index (χ3v) is 6.89. The number of carbonyl (C=O) groups is 1. The van der Waals surface area contributed by atoms with Gasteiger partial charge >= 0.3 is 5.97 Å². The standard InChI is InChI=1S/C19H26N6O5S/c1-11-5-6-14(7-12(11)2)31(28,29)25-9-13(26)8-15(25)17(27)30-10-16-21-18(20)23-19(22-16)24(3)4/h5-7,13,15,26H,8-10H2,1-4H3,(H2,20,21,22,23)/t13-,15-/m0/s1. The Morgan fingerprint density at radius 3 is 2.61 bits per heavy atom. The summed E-state index contributed by atoms with van der Waals surface area (Å²) in [6, 6.07) is 3.58. The molecule has 0 aliphatic carbocycles. The van der Waals surface area contributed by atoms with E-state index in [1.807, 2.05) is 6.92 Å². The van der Waals surface area contributed by atoms with E-state index < -0.39 is 28.1 Å². The molecule has 1 saturated heterocycles. The lowest BCUT2D eigenvalue weighted by atomic mass is 10.1. The molecular formula is C19H26N6O5S. The maximum atomic E-state index is 13.1. The molecule has 2 heterocycles. The zero-order chi connectivity index (χ0) is 22.9. The van der Waals surface area contributed by atoms with Gasteiger partial charge in [0.25, 0.3) is 0 Å². The van der Waals surface area contributed by atoms with Gasteiger partial charge in [0.1, 0.15) is 6.04 Å². The Morgan fingerprint density at radius 2 is 1.97 bits per heavy atom. The minimum absolute atomic E-state index is 0.0278. The summed E-state index contributed by atoms with van der Waals surface area (Å²) in [7, 11) is -0.564. The van der Waals surface area contributed by atoms with E-state index in [-0.39, 0.29) is 36.2 Å². The van der Waals surface area contributed by atoms with Crippen LogP contribution in [0.1, 0.15) is 23.4 Å². The molecule has 12 heteroatoms. The highest BCUT2D eigenvalue weighted by Crippen LogP contribution is 2.28. The van der Waals surface area contributed by atoms with Gasteiger partial charge in [-0.05, 0) is 37.1 Å². The predicted molar refractivity (Wildman–Crippen MR) is 113 cm³/mol. The van der Waals surface area contributed by atoms with Crippen LogP contribution in [0.4, 0.5) is 11.9 Å². The Hall–Kier alpha value is -2.83. The van der Waals surface area contributed by atoms with Gasteiger partial charge in [0.05, 0.1) is 11.0 Å². The van der Waals surface area contributed by atoms with Crippen molar-refractivity contribution >= 4 is 27.9 Å². The highest BCUT2D eigenvalue weighted by Gasteiger charge is 2.44. The highest BCUT2D eigenvalue weighted by molar-refractivity contribution is 7.89. The summed E-state index contributed by atoms with van der Waals surface area (Å²) in [4.78, 5) is 26.4. The molecular weight excluding hydrogens is 424 g/mol. The third-order valence-electron chi connectivity index (χ3n) is 5.02. The highest BCUT2D eigenvalue weighted by atomic mass is 32.2. The van der Waals surface area contributed by atoms with Gasteiger partial charge in [-0.25, -0.2) is 8.42 Å². The van der Waals surface area contributed by atoms with E-state index in [1.165, 1.54) is 6.07 Å². The van der Waals surface area contributed by atoms with Gasteiger partial charge in [-0.15, -0.1) is 0 Å². The van der Waals surface area contributed by atoms with Crippen LogP contribution in [-0.2, 0) is 26.2 Å². The Bertz CT molecular complexity index is 1090. The van der Waals surface area contributed by atoms with Crippen LogP contribution < -0.4 is 10.6 Å². The number of hydrogen-bond acceptors (Lipinski definition) is 10. The zero-order valence-electron chi connectivity index (χ0n) is 17.8. The molecule has 1 aliphatic rings. The van der Waals surface area contributed by atoms with E-state index in [9.17, 15) is 18.3 Å². The zero-order valence-corrected chi connectivity index (χ0v) is 18.6. The number of hydrogen-bond donors (Lipinski definition) is 2. The molecule has 3 rings (SSSR count). The molecule has 0 radical (unpaired) electrons. The molecule has 31 heavy (non-hydrogen) atoms. The molecule has 0 spiro atoms. The third kappa shape index (κ3) is 4.92. The number of nitrogen functional groups attached to an aromatic ring is 1. The second kappa shape index (κ2) is 8.73. The first-order valence-corrected chi connectivity index (χ1v) is 11.0. The van der Waals surface area contributed by atoms with Gasteiger partial charge in [0.15, 0.2) is 12.4 Å². The minimum Gasteiger partial charge on any atom is -0.456 e. The van der Waals surface area contributed by atoms with Crippen LogP contribution in [-0.4, -0.2) is 71.5 Å². The number of nitrogens with zero attached hydrogens (tertiary/aromatic N) is 5. The average molecular weight is 451 g/mol. The fourth-order valence-corrected chi connectivity index (χ4v) is 4.91. The summed E-state index contributed by atoms with van der Waals surface area (Å²) < 4.78 is 32.6. The summed E-state index contributed by atoms with van der Waals surface area (Å²) in [6.45, 7) is 3.18. The number of aliphatic hydroxyl groups excluding tert-OH is 1. The number of aromatic nitrogens is 3. The summed E-state index contributed by atoms with van der Waals surface area (Å²) >= 11 is 0. The molecule has 0 saturated carbocycles. The molecule has 2 aromatic rings. The van der Waals surface area contributed by atoms with Crippen molar-refractivity contribution in [3.8, 4) is 0 Å². The van der Waals surface area contributed by atoms with Crippen molar-refractivity contribution < 1.29 is 23.1 Å². The van der Waals surface area contributed by atoms with Crippen molar-refractivity contribution in [3.05, 3.63) is 35.2 Å². The van der Waals surface area contributed by atoms with Gasteiger partial charge in [-0.2, -0.15) is 19.3 Å². The van der Waals surface area contributed by atoms with E-state index >= 15 is 0 Å². The Morgan fingerprint density at radius 1 is 1.26 bits per heavy atom. The number of ether oxygens (including phenoxy) is 1. The summed E-state index contributed by atoms with van der Waals surface area (Å²) in [5, 5.41) is 10.1. The van der Waals surface area contributed by atoms with Crippen molar-refractivity contribution in [1.29, 1.82) is 0 Å². The van der Waals surface area contributed by atoms with Crippen molar-refractivity contribution in [2.75, 3.05) is 31.3 Å². The lowest BCUT2D eigenvalue weighted by Crippen LogP contribution is -2.41. The molecule has 0 bridgehead atoms. The average Bonchev–Trinajstić information content (AvgIpc) is 3.10. The fourth-order valence-electron chi connectivity index (χ4n) is 3.20. The monoisotopic (exact) mass is 450 g/mol. The quantitative estimate of drug-likeness (QED) is 0.575. The Labute approximate surface area is 180 Å². The smallest absolute Gasteiger partial charge is 0.325 e. The number of carbonyl (C=O) groups excluding carboxylic acids is 1. The van der Waals surface area contributed by atoms with Gasteiger partial charge in [-0.3, -0.25) is 4.79 Å². The number of β-amino-alcohol motifs (C(OH)–C–C–N with tert-alkyl or cyclic N) is 1. The number of rotatable bonds is 6. The molecule has 1 aromatic heterocycles. The van der Waals surface area contributed by atoms with Gasteiger partial charge in [0, 0.05) is 27.1 Å². The van der Waals surface area contributed by atoms with E-state index in [2.05, 4.69) is 15.0 Å². The second-order valence-electron chi connectivity index (χ2n) is 7.64. The number of anilines is 2. The van der Waals surface area contributed by atoms with Crippen LogP contribution in [0.15, 0.2) is 23.1 Å². The summed E-state index contributed by atoms with van der Waals surface area (Å²) in [5.41, 5.74) is 7.42. The largest absolute Gasteiger partial charge is 0.456 e. The Kier molecular flexibility index (Phi) is 6.43. The van der Waals surface area contributed by atoms with E-state index in [1.54, 1.807) is 38.1 Å². The fraction of sp³-hybridized carbons (Fsp3) is 0.474. The first kappa shape index (κ1) is 22.8. The van der Waals surface area contributed by atoms with Crippen molar-refractivity contribution in [2.24, 2.45) is 0 Å². The number of nitrogens with two attached hydrogens (primary N) is 1. The SMILES string of the molecule is Cc1ccc(S(=O)(=O)N2C[C@@H](O)C[C@H]2C(=O)OCc2nc(N)nc(N(C)C)n2)cc1C. The van der Waals surface area contributed by atoms with Crippen molar-refractivity contribution in [3.63, 3.8) is 0 Å². The van der Waals surface area contributed by atoms with E-state index in [0.29, 0.717) is 5.95 Å². The van der Waals surface area contributed by atoms with Crippen LogP contribution in [0.2, 0.25) is 0 Å². The maximum absolute atomic E-state index is 13.1. The van der Waals surface area contributed by atoms with Crippen LogP contribution in [0, 0.1) is 13.8 Å². The van der Waals surface area contributed by atoms with Gasteiger partial charge in [0.2, 0.25) is 21.9 Å². The molecule has 1 fully saturated rings. The van der Waals surface area contributed by atoms with Crippen LogP contribution in [0.25, 0.3) is 0 Å². The molecule has 0 unspecified atom stereocenters. The first-order valence-electron chi connectivity index (χ1n) is 9.60. The van der Waals surface area contributed by atoms with Crippen LogP contribution in [0.5, 0.6) is 0 Å². The topological polar surface area (TPSA) is 152 Å². The number of benzene rings is 1. The number of esters is 1. The van der Waals surface area contributed by atoms with Crippen LogP contribution >= 0.6 is 0 Å². The maximum Gasteiger partial charge on any atom is 0.325 e. The summed E-state index contributed by atoms with van der Waals surface area (Å²) in [6.07, 6.45) is -1.04. The molecule has 168 valence electrons. The minimum atomic E-state index is -4.01. The normalized spacial score (nSPS) is 19.4. The van der Waals surface area contributed by atoms with E-state index in [4.69, 9.17) is 10.5 Å². The molecule has 1 aromatic carbocycles.